The molecule has 0 aliphatic carbocycles. The lowest BCUT2D eigenvalue weighted by molar-refractivity contribution is 0.395. The third kappa shape index (κ3) is 2.39. The van der Waals surface area contributed by atoms with Crippen molar-refractivity contribution in [2.75, 3.05) is 12.4 Å². The topological polar surface area (TPSA) is 38.6 Å². The van der Waals surface area contributed by atoms with E-state index in [2.05, 4.69) is 10.3 Å². The van der Waals surface area contributed by atoms with Crippen molar-refractivity contribution in [2.45, 2.75) is 6.54 Å². The van der Waals surface area contributed by atoms with Gasteiger partial charge in [0.05, 0.1) is 13.7 Å². The molecular weight excluding hydrogens is 282 g/mol. The summed E-state index contributed by atoms with van der Waals surface area (Å²) in [6, 6.07) is 7.61. The smallest absolute Gasteiger partial charge is 0.238 e. The molecular formula is C13H12ClN3OS. The van der Waals surface area contributed by atoms with Gasteiger partial charge in [0.15, 0.2) is 4.96 Å². The van der Waals surface area contributed by atoms with E-state index in [-0.39, 0.29) is 0 Å². The van der Waals surface area contributed by atoms with Gasteiger partial charge in [0.25, 0.3) is 0 Å². The molecule has 98 valence electrons. The number of imidazole rings is 1. The molecule has 2 heterocycles. The summed E-state index contributed by atoms with van der Waals surface area (Å²) in [6.45, 7) is 0.642. The predicted octanol–water partition coefficient (Wildman–Crippen LogP) is 3.67. The number of methoxy groups -OCH3 is 1. The summed E-state index contributed by atoms with van der Waals surface area (Å²) < 4.78 is 7.34. The highest BCUT2D eigenvalue weighted by molar-refractivity contribution is 7.15. The lowest BCUT2D eigenvalue weighted by Crippen LogP contribution is -2.03. The molecule has 4 nitrogen and oxygen atoms in total. The van der Waals surface area contributed by atoms with Crippen LogP contribution >= 0.6 is 22.9 Å². The fourth-order valence-corrected chi connectivity index (χ4v) is 2.74. The van der Waals surface area contributed by atoms with Gasteiger partial charge in [-0.2, -0.15) is 4.98 Å². The quantitative estimate of drug-likeness (QED) is 0.797. The molecule has 0 saturated heterocycles. The molecule has 3 rings (SSSR count). The molecule has 0 aliphatic heterocycles. The standard InChI is InChI=1S/C13H12ClN3OS/c1-18-12-11(17-6-7-19-13(17)16-12)8-15-10-4-2-9(14)3-5-10/h2-7,15H,8H2,1H3. The lowest BCUT2D eigenvalue weighted by Gasteiger charge is -2.07. The van der Waals surface area contributed by atoms with E-state index in [9.17, 15) is 0 Å². The largest absolute Gasteiger partial charge is 0.480 e. The second-order valence-corrected chi connectivity index (χ2v) is 5.29. The number of nitrogens with one attached hydrogen (secondary N) is 1. The first-order valence-corrected chi connectivity index (χ1v) is 7.01. The van der Waals surface area contributed by atoms with Crippen LogP contribution in [-0.4, -0.2) is 16.5 Å². The van der Waals surface area contributed by atoms with Crippen molar-refractivity contribution in [2.24, 2.45) is 0 Å². The molecule has 0 radical (unpaired) electrons. The maximum absolute atomic E-state index is 5.86. The highest BCUT2D eigenvalue weighted by Gasteiger charge is 2.13. The molecule has 2 aromatic heterocycles. The summed E-state index contributed by atoms with van der Waals surface area (Å²) in [5.41, 5.74) is 2.02. The van der Waals surface area contributed by atoms with E-state index in [1.807, 2.05) is 40.2 Å². The van der Waals surface area contributed by atoms with Gasteiger partial charge in [-0.05, 0) is 24.3 Å². The van der Waals surface area contributed by atoms with Gasteiger partial charge in [-0.1, -0.05) is 11.6 Å². The molecule has 0 bridgehead atoms. The molecule has 0 fully saturated rings. The van der Waals surface area contributed by atoms with Gasteiger partial charge in [-0.3, -0.25) is 4.40 Å². The summed E-state index contributed by atoms with van der Waals surface area (Å²) in [5, 5.41) is 6.07. The minimum Gasteiger partial charge on any atom is -0.480 e. The number of aromatic nitrogens is 2. The van der Waals surface area contributed by atoms with Crippen molar-refractivity contribution in [3.63, 3.8) is 0 Å². The Kier molecular flexibility index (Phi) is 3.31. The highest BCUT2D eigenvalue weighted by Crippen LogP contribution is 2.24. The van der Waals surface area contributed by atoms with Crippen molar-refractivity contribution in [1.82, 2.24) is 9.38 Å². The van der Waals surface area contributed by atoms with E-state index < -0.39 is 0 Å². The number of nitrogens with zero attached hydrogens (tertiary/aromatic N) is 2. The maximum Gasteiger partial charge on any atom is 0.238 e. The van der Waals surface area contributed by atoms with Crippen LogP contribution < -0.4 is 10.1 Å². The normalized spacial score (nSPS) is 10.8. The van der Waals surface area contributed by atoms with E-state index >= 15 is 0 Å². The number of halogens is 1. The minimum atomic E-state index is 0.642. The monoisotopic (exact) mass is 293 g/mol. The zero-order chi connectivity index (χ0) is 13.2. The van der Waals surface area contributed by atoms with Gasteiger partial charge in [0.1, 0.15) is 5.69 Å². The molecule has 0 saturated carbocycles. The Morgan fingerprint density at radius 2 is 2.16 bits per heavy atom. The molecule has 3 aromatic rings. The fraction of sp³-hybridized carbons (Fsp3) is 0.154. The molecule has 0 amide bonds. The number of thiazole rings is 1. The van der Waals surface area contributed by atoms with Crippen LogP contribution in [0, 0.1) is 0 Å². The van der Waals surface area contributed by atoms with Crippen molar-refractivity contribution < 1.29 is 4.74 Å². The summed E-state index contributed by atoms with van der Waals surface area (Å²) in [6.07, 6.45) is 1.99. The van der Waals surface area contributed by atoms with Gasteiger partial charge in [0.2, 0.25) is 5.88 Å². The number of anilines is 1. The van der Waals surface area contributed by atoms with Gasteiger partial charge < -0.3 is 10.1 Å². The Morgan fingerprint density at radius 3 is 2.89 bits per heavy atom. The van der Waals surface area contributed by atoms with Crippen molar-refractivity contribution in [1.29, 1.82) is 0 Å². The lowest BCUT2D eigenvalue weighted by atomic mass is 10.3. The summed E-state index contributed by atoms with van der Waals surface area (Å²) >= 11 is 7.45. The molecule has 19 heavy (non-hydrogen) atoms. The average molecular weight is 294 g/mol. The third-order valence-corrected chi connectivity index (χ3v) is 3.83. The molecule has 6 heteroatoms. The first-order chi connectivity index (χ1) is 9.28. The third-order valence-electron chi connectivity index (χ3n) is 2.82. The molecule has 0 spiro atoms. The number of fused-ring (bicyclic) bond motifs is 1. The maximum atomic E-state index is 5.86. The molecule has 0 unspecified atom stereocenters. The Labute approximate surface area is 119 Å². The number of hydrogen-bond donors (Lipinski definition) is 1. The Balaban J connectivity index is 1.84. The number of ether oxygens (including phenoxy) is 1. The second-order valence-electron chi connectivity index (χ2n) is 3.98. The van der Waals surface area contributed by atoms with Crippen LogP contribution in [0.25, 0.3) is 4.96 Å². The summed E-state index contributed by atoms with van der Waals surface area (Å²) in [7, 11) is 1.64. The fourth-order valence-electron chi connectivity index (χ4n) is 1.89. The van der Waals surface area contributed by atoms with Crippen LogP contribution in [-0.2, 0) is 6.54 Å². The van der Waals surface area contributed by atoms with E-state index in [4.69, 9.17) is 16.3 Å². The van der Waals surface area contributed by atoms with Crippen LogP contribution in [0.5, 0.6) is 5.88 Å². The first-order valence-electron chi connectivity index (χ1n) is 5.76. The average Bonchev–Trinajstić information content (AvgIpc) is 2.99. The molecule has 1 N–H and O–H groups in total. The molecule has 0 aliphatic rings. The summed E-state index contributed by atoms with van der Waals surface area (Å²) in [4.78, 5) is 5.35. The van der Waals surface area contributed by atoms with Crippen LogP contribution in [0.2, 0.25) is 5.02 Å². The van der Waals surface area contributed by atoms with E-state index in [1.165, 1.54) is 0 Å². The SMILES string of the molecule is COc1nc2sccn2c1CNc1ccc(Cl)cc1. The van der Waals surface area contributed by atoms with Crippen LogP contribution in [0.15, 0.2) is 35.8 Å². The Bertz CT molecular complexity index is 690. The van der Waals surface area contributed by atoms with Crippen molar-refractivity contribution >= 4 is 33.6 Å². The van der Waals surface area contributed by atoms with Gasteiger partial charge in [-0.15, -0.1) is 11.3 Å². The first kappa shape index (κ1) is 12.3. The van der Waals surface area contributed by atoms with Crippen molar-refractivity contribution in [3.8, 4) is 5.88 Å². The number of rotatable bonds is 4. The van der Waals surface area contributed by atoms with E-state index in [0.717, 1.165) is 21.4 Å². The number of benzene rings is 1. The summed E-state index contributed by atoms with van der Waals surface area (Å²) in [5.74, 6) is 0.660. The minimum absolute atomic E-state index is 0.642. The zero-order valence-corrected chi connectivity index (χ0v) is 11.8. The van der Waals surface area contributed by atoms with Crippen LogP contribution in [0.4, 0.5) is 5.69 Å². The zero-order valence-electron chi connectivity index (χ0n) is 10.3. The molecule has 0 atom stereocenters. The number of hydrogen-bond acceptors (Lipinski definition) is 4. The Hall–Kier alpha value is -1.72. The highest BCUT2D eigenvalue weighted by atomic mass is 35.5. The predicted molar refractivity (Wildman–Crippen MR) is 78.4 cm³/mol. The molecule has 1 aromatic carbocycles. The van der Waals surface area contributed by atoms with Crippen molar-refractivity contribution in [3.05, 3.63) is 46.6 Å². The van der Waals surface area contributed by atoms with Gasteiger partial charge in [0, 0.05) is 22.3 Å². The second kappa shape index (κ2) is 5.11. The van der Waals surface area contributed by atoms with Gasteiger partial charge >= 0.3 is 0 Å². The van der Waals surface area contributed by atoms with Crippen LogP contribution in [0.1, 0.15) is 5.69 Å². The van der Waals surface area contributed by atoms with Crippen LogP contribution in [0.3, 0.4) is 0 Å². The van der Waals surface area contributed by atoms with Gasteiger partial charge in [-0.25, -0.2) is 0 Å². The van der Waals surface area contributed by atoms with E-state index in [1.54, 1.807) is 18.4 Å². The van der Waals surface area contributed by atoms with E-state index in [0.29, 0.717) is 12.4 Å². The Morgan fingerprint density at radius 1 is 1.37 bits per heavy atom.